The van der Waals surface area contributed by atoms with Gasteiger partial charge >= 0.3 is 0 Å². The average Bonchev–Trinajstić information content (AvgIpc) is 3.61. The summed E-state index contributed by atoms with van der Waals surface area (Å²) >= 11 is 8.13. The van der Waals surface area contributed by atoms with Crippen LogP contribution in [-0.2, 0) is 17.1 Å². The maximum absolute atomic E-state index is 14.4. The number of carbonyl (C=O) groups is 1. The molecule has 0 radical (unpaired) electrons. The predicted octanol–water partition coefficient (Wildman–Crippen LogP) is 9.38. The minimum Gasteiger partial charge on any atom is -0.393 e. The number of carbonyl (C=O) groups excluding carboxylic acids is 1. The Morgan fingerprint density at radius 3 is 2.14 bits per heavy atom. The molecule has 0 aliphatic carbocycles. The van der Waals surface area contributed by atoms with E-state index in [1.807, 2.05) is 106 Å². The van der Waals surface area contributed by atoms with Crippen LogP contribution >= 0.6 is 23.4 Å². The van der Waals surface area contributed by atoms with Crippen molar-refractivity contribution >= 4 is 62.0 Å². The van der Waals surface area contributed by atoms with Crippen LogP contribution in [0.2, 0.25) is 5.02 Å². The average molecular weight is 1000 g/mol. The van der Waals surface area contributed by atoms with E-state index in [1.165, 1.54) is 4.90 Å². The largest absolute Gasteiger partial charge is 0.393 e. The minimum absolute atomic E-state index is 0.0184. The molecule has 5 aromatic carbocycles. The fraction of sp³-hybridized carbons (Fsp3) is 0.364. The molecule has 15 heteroatoms. The van der Waals surface area contributed by atoms with E-state index in [0.29, 0.717) is 55.3 Å². The zero-order chi connectivity index (χ0) is 49.2. The Bertz CT molecular complexity index is 2890. The van der Waals surface area contributed by atoms with Crippen molar-refractivity contribution in [2.45, 2.75) is 67.6 Å². The number of aliphatic hydroxyl groups excluding tert-OH is 1. The van der Waals surface area contributed by atoms with Crippen molar-refractivity contribution in [1.29, 1.82) is 0 Å². The van der Waals surface area contributed by atoms with Gasteiger partial charge in [-0.1, -0.05) is 54.1 Å². The van der Waals surface area contributed by atoms with Crippen molar-refractivity contribution in [2.24, 2.45) is 7.05 Å². The van der Waals surface area contributed by atoms with Crippen molar-refractivity contribution in [3.63, 3.8) is 0 Å². The first kappa shape index (κ1) is 49.5. The lowest BCUT2D eigenvalue weighted by atomic mass is 9.95. The fourth-order valence-electron chi connectivity index (χ4n) is 10.1. The summed E-state index contributed by atoms with van der Waals surface area (Å²) < 4.78 is 32.4. The molecule has 3 aliphatic heterocycles. The van der Waals surface area contributed by atoms with Gasteiger partial charge in [-0.25, -0.2) is 8.42 Å². The molecule has 4 heterocycles. The first-order valence-electron chi connectivity index (χ1n) is 24.3. The number of piperazine rings is 1. The van der Waals surface area contributed by atoms with Gasteiger partial charge in [-0.3, -0.25) is 14.4 Å². The van der Waals surface area contributed by atoms with Gasteiger partial charge in [-0.2, -0.15) is 0 Å². The number of benzene rings is 5. The second-order valence-corrected chi connectivity index (χ2v) is 22.6. The molecule has 1 aromatic heterocycles. The lowest BCUT2D eigenvalue weighted by Gasteiger charge is -2.44. The van der Waals surface area contributed by atoms with Crippen LogP contribution < -0.4 is 19.8 Å². The monoisotopic (exact) mass is 1000 g/mol. The Kier molecular flexibility index (Phi) is 14.9. The molecular weight excluding hydrogens is 938 g/mol. The molecule has 0 saturated carbocycles. The number of nitrogens with zero attached hydrogens (tertiary/aromatic N) is 5. The molecule has 0 spiro atoms. The number of piperidine rings is 1. The van der Waals surface area contributed by atoms with Gasteiger partial charge in [0.2, 0.25) is 0 Å². The molecule has 70 heavy (non-hydrogen) atoms. The van der Waals surface area contributed by atoms with Crippen LogP contribution in [0.15, 0.2) is 131 Å². The molecule has 6 aromatic rings. The van der Waals surface area contributed by atoms with E-state index >= 15 is 0 Å². The molecule has 3 saturated heterocycles. The third kappa shape index (κ3) is 11.3. The van der Waals surface area contributed by atoms with Crippen molar-refractivity contribution in [3.8, 4) is 22.4 Å². The smallest absolute Gasteiger partial charge is 0.261 e. The summed E-state index contributed by atoms with van der Waals surface area (Å²) in [5.41, 5.74) is 9.05. The Balaban J connectivity index is 0.845. The molecule has 3 aliphatic rings. The number of aromatic nitrogens is 1. The first-order chi connectivity index (χ1) is 33.6. The van der Waals surface area contributed by atoms with Crippen molar-refractivity contribution in [1.82, 2.24) is 14.4 Å². The third-order valence-electron chi connectivity index (χ3n) is 14.0. The van der Waals surface area contributed by atoms with Crippen LogP contribution in [-0.4, -0.2) is 121 Å². The molecule has 1 amide bonds. The number of aliphatic hydroxyl groups is 2. The molecule has 0 unspecified atom stereocenters. The Labute approximate surface area is 422 Å². The molecule has 0 bridgehead atoms. The number of β-amino-alcohol motifs (C(OH)–C–C–N with tert-alkyl or cyclic N) is 1. The number of nitrogens with one attached hydrogen (secondary N) is 2. The quantitative estimate of drug-likeness (QED) is 0.0696. The lowest BCUT2D eigenvalue weighted by Crippen LogP contribution is -2.60. The summed E-state index contributed by atoms with van der Waals surface area (Å²) in [6, 6.07) is 39.5. The van der Waals surface area contributed by atoms with Gasteiger partial charge in [0, 0.05) is 122 Å². The molecular formula is C55H64ClN7O5S2. The molecule has 12 nitrogen and oxygen atoms in total. The minimum atomic E-state index is -3.86. The topological polar surface area (TPSA) is 134 Å². The van der Waals surface area contributed by atoms with Gasteiger partial charge in [0.05, 0.1) is 27.9 Å². The predicted molar refractivity (Wildman–Crippen MR) is 286 cm³/mol. The van der Waals surface area contributed by atoms with E-state index < -0.39 is 15.6 Å². The van der Waals surface area contributed by atoms with Gasteiger partial charge in [0.1, 0.15) is 0 Å². The summed E-state index contributed by atoms with van der Waals surface area (Å²) in [7, 11) is -1.85. The number of aryl methyl sites for hydroxylation is 1. The number of hydrogen-bond donors (Lipinski definition) is 4. The van der Waals surface area contributed by atoms with Crippen LogP contribution in [0.1, 0.15) is 47.8 Å². The lowest BCUT2D eigenvalue weighted by molar-refractivity contribution is -0.0834. The number of likely N-dealkylation sites (tertiary alicyclic amines) is 2. The second kappa shape index (κ2) is 21.1. The number of halogens is 1. The molecule has 1 atom stereocenters. The van der Waals surface area contributed by atoms with Crippen LogP contribution in [0.4, 0.5) is 22.7 Å². The standard InChI is InChI=1S/C55H64ClN7O5S2/c1-38-33-49(21-22-50(38)57-44(23-26-60-36-55(3,66)37-60)35-69-48-11-6-5-7-12-48)70(67,68)58-43-17-19-45(20-18-43)61-29-31-62(32-30-61)46-10-8-9-41(34-46)52-51(54(65)63-27-24-47(64)25-28-63)39(2)59(4)53(52)40-13-15-42(56)16-14-40/h5-22,33-34,44,47,57-58,64,66H,23-32,35-37H2,1-4H3/t44-/m1/s1. The number of hydrogen-bond acceptors (Lipinski definition) is 10. The number of sulfonamides is 1. The van der Waals surface area contributed by atoms with Crippen molar-refractivity contribution in [3.05, 3.63) is 143 Å². The summed E-state index contributed by atoms with van der Waals surface area (Å²) in [6.07, 6.45) is 1.64. The van der Waals surface area contributed by atoms with E-state index in [-0.39, 0.29) is 22.9 Å². The van der Waals surface area contributed by atoms with Gasteiger partial charge in [0.25, 0.3) is 15.9 Å². The second-order valence-electron chi connectivity index (χ2n) is 19.4. The van der Waals surface area contributed by atoms with Crippen LogP contribution in [0.25, 0.3) is 22.4 Å². The fourth-order valence-corrected chi connectivity index (χ4v) is 12.3. The van der Waals surface area contributed by atoms with E-state index in [9.17, 15) is 23.4 Å². The van der Waals surface area contributed by atoms with Gasteiger partial charge in [0.15, 0.2) is 0 Å². The molecule has 9 rings (SSSR count). The highest BCUT2D eigenvalue weighted by molar-refractivity contribution is 7.99. The number of rotatable bonds is 16. The normalized spacial score (nSPS) is 17.0. The maximum Gasteiger partial charge on any atom is 0.261 e. The SMILES string of the molecule is Cc1cc(S(=O)(=O)Nc2ccc(N3CCN(c4cccc(-c5c(C(=O)N6CCC(O)CC6)c(C)n(C)c5-c5ccc(Cl)cc5)c4)CC3)cc2)ccc1N[C@H](CCN1CC(C)(O)C1)CSc1ccccc1. The van der Waals surface area contributed by atoms with Crippen LogP contribution in [0.5, 0.6) is 0 Å². The molecule has 4 N–H and O–H groups in total. The highest BCUT2D eigenvalue weighted by atomic mass is 35.5. The van der Waals surface area contributed by atoms with Crippen molar-refractivity contribution in [2.75, 3.05) is 84.5 Å². The van der Waals surface area contributed by atoms with E-state index in [4.69, 9.17) is 11.6 Å². The van der Waals surface area contributed by atoms with Crippen LogP contribution in [0, 0.1) is 13.8 Å². The Hall–Kier alpha value is -5.48. The zero-order valence-electron chi connectivity index (χ0n) is 40.4. The third-order valence-corrected chi connectivity index (χ3v) is 16.8. The van der Waals surface area contributed by atoms with Crippen molar-refractivity contribution < 1.29 is 23.4 Å². The Morgan fingerprint density at radius 1 is 0.814 bits per heavy atom. The molecule has 3 fully saturated rings. The number of anilines is 4. The van der Waals surface area contributed by atoms with Gasteiger partial charge in [-0.05, 0) is 136 Å². The van der Waals surface area contributed by atoms with E-state index in [2.05, 4.69) is 65.7 Å². The molecule has 368 valence electrons. The Morgan fingerprint density at radius 2 is 1.49 bits per heavy atom. The number of amides is 1. The van der Waals surface area contributed by atoms with E-state index in [1.54, 1.807) is 23.9 Å². The summed E-state index contributed by atoms with van der Waals surface area (Å²) in [5, 5.41) is 24.8. The highest BCUT2D eigenvalue weighted by Gasteiger charge is 2.36. The zero-order valence-corrected chi connectivity index (χ0v) is 42.8. The summed E-state index contributed by atoms with van der Waals surface area (Å²) in [5.74, 6) is 0.824. The maximum atomic E-state index is 14.4. The summed E-state index contributed by atoms with van der Waals surface area (Å²) in [4.78, 5) is 24.6. The highest BCUT2D eigenvalue weighted by Crippen LogP contribution is 2.41. The van der Waals surface area contributed by atoms with Gasteiger partial charge < -0.3 is 34.8 Å². The first-order valence-corrected chi connectivity index (χ1v) is 27.1. The number of thioether (sulfide) groups is 1. The van der Waals surface area contributed by atoms with Crippen LogP contribution in [0.3, 0.4) is 0 Å². The van der Waals surface area contributed by atoms with Gasteiger partial charge in [-0.15, -0.1) is 11.8 Å². The van der Waals surface area contributed by atoms with E-state index in [0.717, 1.165) is 95.6 Å². The summed E-state index contributed by atoms with van der Waals surface area (Å²) in [6.45, 7) is 12.1.